The molecule has 1 aromatic carbocycles. The number of rotatable bonds is 5. The second-order valence-corrected chi connectivity index (χ2v) is 4.18. The van der Waals surface area contributed by atoms with Gasteiger partial charge in [-0.15, -0.1) is 0 Å². The van der Waals surface area contributed by atoms with Crippen molar-refractivity contribution in [3.8, 4) is 5.75 Å². The number of aliphatic imine (C=N–C) groups is 1. The summed E-state index contributed by atoms with van der Waals surface area (Å²) in [6.45, 7) is -0.255. The van der Waals surface area contributed by atoms with Crippen LogP contribution in [-0.4, -0.2) is 42.8 Å². The van der Waals surface area contributed by atoms with Crippen molar-refractivity contribution >= 4 is 41.1 Å². The van der Waals surface area contributed by atoms with Gasteiger partial charge in [0.25, 0.3) is 0 Å². The van der Waals surface area contributed by atoms with E-state index in [1.54, 1.807) is 18.2 Å². The first-order chi connectivity index (χ1) is 10.6. The highest BCUT2D eigenvalue weighted by Crippen LogP contribution is 2.31. The van der Waals surface area contributed by atoms with Gasteiger partial charge in [-0.3, -0.25) is 14.4 Å². The van der Waals surface area contributed by atoms with Crippen LogP contribution in [0, 0.1) is 0 Å². The van der Waals surface area contributed by atoms with Gasteiger partial charge in [-0.1, -0.05) is 0 Å². The van der Waals surface area contributed by atoms with Crippen LogP contribution in [0.4, 0.5) is 10.5 Å². The first-order valence-corrected chi connectivity index (χ1v) is 6.19. The summed E-state index contributed by atoms with van der Waals surface area (Å²) in [4.78, 5) is 36.9. The summed E-state index contributed by atoms with van der Waals surface area (Å²) >= 11 is 0. The minimum absolute atomic E-state index is 0.255. The van der Waals surface area contributed by atoms with Crippen molar-refractivity contribution < 1.29 is 23.9 Å². The summed E-state index contributed by atoms with van der Waals surface area (Å²) in [6.07, 6.45) is 3.01. The van der Waals surface area contributed by atoms with Gasteiger partial charge in [0.1, 0.15) is 5.75 Å². The molecule has 0 spiro atoms. The van der Waals surface area contributed by atoms with Crippen molar-refractivity contribution in [2.75, 3.05) is 13.7 Å². The number of methoxy groups -OCH3 is 1. The van der Waals surface area contributed by atoms with Gasteiger partial charge in [-0.25, -0.2) is 9.59 Å². The molecule has 0 radical (unpaired) electrons. The lowest BCUT2D eigenvalue weighted by Gasteiger charge is -2.05. The topological polar surface area (TPSA) is 113 Å². The van der Waals surface area contributed by atoms with Crippen molar-refractivity contribution in [3.05, 3.63) is 24.4 Å². The number of fused-ring (bicyclic) bond motifs is 1. The van der Waals surface area contributed by atoms with Crippen molar-refractivity contribution in [1.82, 2.24) is 4.57 Å². The molecule has 2 N–H and O–H groups in total. The molecular weight excluding hydrogens is 290 g/mol. The maximum Gasteiger partial charge on any atom is 0.343 e. The van der Waals surface area contributed by atoms with Crippen molar-refractivity contribution in [1.29, 1.82) is 0 Å². The molecule has 0 atom stereocenters. The molecule has 2 aromatic rings. The molecule has 0 aliphatic carbocycles. The number of nitrogens with zero attached hydrogens (tertiary/aromatic N) is 2. The number of hydrogen-bond acceptors (Lipinski definition) is 6. The van der Waals surface area contributed by atoms with E-state index in [0.717, 1.165) is 6.21 Å². The predicted molar refractivity (Wildman–Crippen MR) is 78.6 cm³/mol. The molecule has 0 bridgehead atoms. The van der Waals surface area contributed by atoms with Gasteiger partial charge in [-0.05, 0) is 12.1 Å². The quantitative estimate of drug-likeness (QED) is 0.503. The van der Waals surface area contributed by atoms with Crippen LogP contribution in [0.3, 0.4) is 0 Å². The zero-order valence-corrected chi connectivity index (χ0v) is 11.7. The Morgan fingerprint density at radius 3 is 2.82 bits per heavy atom. The molecule has 114 valence electrons. The molecule has 22 heavy (non-hydrogen) atoms. The average Bonchev–Trinajstić information content (AvgIpc) is 2.88. The minimum Gasteiger partial charge on any atom is -0.482 e. The molecule has 0 aliphatic rings. The maximum absolute atomic E-state index is 11.5. The molecule has 1 heterocycles. The Balaban J connectivity index is 2.43. The second-order valence-electron chi connectivity index (χ2n) is 4.18. The lowest BCUT2D eigenvalue weighted by molar-refractivity contribution is -0.142. The lowest BCUT2D eigenvalue weighted by atomic mass is 10.2. The van der Waals surface area contributed by atoms with Crippen molar-refractivity contribution in [2.24, 2.45) is 10.7 Å². The summed E-state index contributed by atoms with van der Waals surface area (Å²) in [5.41, 5.74) is 6.17. The van der Waals surface area contributed by atoms with Gasteiger partial charge in [0.05, 0.1) is 24.5 Å². The third kappa shape index (κ3) is 3.11. The molecule has 0 saturated heterocycles. The lowest BCUT2D eigenvalue weighted by Crippen LogP contribution is -2.18. The van der Waals surface area contributed by atoms with E-state index in [-0.39, 0.29) is 6.61 Å². The van der Waals surface area contributed by atoms with E-state index >= 15 is 0 Å². The number of hydrogen-bond donors (Lipinski definition) is 1. The summed E-state index contributed by atoms with van der Waals surface area (Å²) in [5, 5.41) is 0.613. The summed E-state index contributed by atoms with van der Waals surface area (Å²) in [6, 6.07) is 4.10. The van der Waals surface area contributed by atoms with Crippen LogP contribution in [0.5, 0.6) is 5.75 Å². The Kier molecular flexibility index (Phi) is 4.52. The number of aromatic nitrogens is 1. The molecule has 0 aliphatic heterocycles. The molecule has 8 nitrogen and oxygen atoms in total. The Morgan fingerprint density at radius 2 is 2.18 bits per heavy atom. The van der Waals surface area contributed by atoms with Crippen LogP contribution >= 0.6 is 0 Å². The SMILES string of the molecule is COC(=O)COc1ccc2c(N=CC=O)cn(C(N)=O)c2c1. The fraction of sp³-hybridized carbons (Fsp3) is 0.143. The number of primary amides is 1. The van der Waals surface area contributed by atoms with E-state index in [1.807, 2.05) is 0 Å². The normalized spacial score (nSPS) is 10.8. The maximum atomic E-state index is 11.5. The molecule has 0 saturated carbocycles. The van der Waals surface area contributed by atoms with E-state index in [4.69, 9.17) is 10.5 Å². The summed E-state index contributed by atoms with van der Waals surface area (Å²) in [5.74, 6) is -0.161. The first-order valence-electron chi connectivity index (χ1n) is 6.19. The average molecular weight is 303 g/mol. The van der Waals surface area contributed by atoms with E-state index in [0.29, 0.717) is 28.6 Å². The van der Waals surface area contributed by atoms with Gasteiger partial charge < -0.3 is 15.2 Å². The molecular formula is C14H13N3O5. The van der Waals surface area contributed by atoms with Gasteiger partial charge in [0.2, 0.25) is 0 Å². The Labute approximate surface area is 125 Å². The van der Waals surface area contributed by atoms with E-state index < -0.39 is 12.0 Å². The highest BCUT2D eigenvalue weighted by atomic mass is 16.6. The number of ether oxygens (including phenoxy) is 2. The van der Waals surface area contributed by atoms with E-state index in [1.165, 1.54) is 17.9 Å². The highest BCUT2D eigenvalue weighted by molar-refractivity contribution is 6.14. The monoisotopic (exact) mass is 303 g/mol. The number of esters is 1. The number of carbonyl (C=O) groups excluding carboxylic acids is 3. The summed E-state index contributed by atoms with van der Waals surface area (Å²) in [7, 11) is 1.25. The van der Waals surface area contributed by atoms with Crippen LogP contribution in [0.15, 0.2) is 29.4 Å². The molecule has 1 amide bonds. The van der Waals surface area contributed by atoms with E-state index in [9.17, 15) is 14.4 Å². The highest BCUT2D eigenvalue weighted by Gasteiger charge is 2.12. The largest absolute Gasteiger partial charge is 0.482 e. The Hall–Kier alpha value is -3.16. The third-order valence-electron chi connectivity index (χ3n) is 2.85. The first kappa shape index (κ1) is 15.2. The zero-order chi connectivity index (χ0) is 16.1. The molecule has 0 unspecified atom stereocenters. The van der Waals surface area contributed by atoms with Gasteiger partial charge in [-0.2, -0.15) is 0 Å². The number of amides is 1. The second kappa shape index (κ2) is 6.53. The summed E-state index contributed by atoms with van der Waals surface area (Å²) < 4.78 is 10.9. The fourth-order valence-corrected chi connectivity index (χ4v) is 1.88. The number of benzene rings is 1. The number of carbonyl (C=O) groups is 3. The van der Waals surface area contributed by atoms with Crippen LogP contribution < -0.4 is 10.5 Å². The van der Waals surface area contributed by atoms with Crippen molar-refractivity contribution in [3.63, 3.8) is 0 Å². The van der Waals surface area contributed by atoms with Gasteiger partial charge in [0, 0.05) is 17.6 Å². The minimum atomic E-state index is -0.706. The molecule has 2 rings (SSSR count). The smallest absolute Gasteiger partial charge is 0.343 e. The molecule has 0 fully saturated rings. The number of aldehydes is 1. The standard InChI is InChI=1S/C14H13N3O5/c1-21-13(19)8-22-9-2-3-10-11(16-4-5-18)7-17(14(15)20)12(10)6-9/h2-7H,8H2,1H3,(H2,15,20). The van der Waals surface area contributed by atoms with Gasteiger partial charge >= 0.3 is 12.0 Å². The van der Waals surface area contributed by atoms with Crippen LogP contribution in [0.1, 0.15) is 0 Å². The zero-order valence-electron chi connectivity index (χ0n) is 11.7. The van der Waals surface area contributed by atoms with Crippen LogP contribution in [-0.2, 0) is 14.3 Å². The van der Waals surface area contributed by atoms with Crippen LogP contribution in [0.2, 0.25) is 0 Å². The predicted octanol–water partition coefficient (Wildman–Crippen LogP) is 1.02. The van der Waals surface area contributed by atoms with Crippen LogP contribution in [0.25, 0.3) is 10.9 Å². The molecule has 8 heteroatoms. The number of nitrogens with two attached hydrogens (primary N) is 1. The van der Waals surface area contributed by atoms with E-state index in [2.05, 4.69) is 9.73 Å². The Bertz CT molecular complexity index is 763. The third-order valence-corrected chi connectivity index (χ3v) is 2.85. The Morgan fingerprint density at radius 1 is 1.41 bits per heavy atom. The van der Waals surface area contributed by atoms with Gasteiger partial charge in [0.15, 0.2) is 12.9 Å². The molecule has 1 aromatic heterocycles. The fourth-order valence-electron chi connectivity index (χ4n) is 1.88. The van der Waals surface area contributed by atoms with Crippen molar-refractivity contribution in [2.45, 2.75) is 0 Å².